The first-order valence-electron chi connectivity index (χ1n) is 9.52. The van der Waals surface area contributed by atoms with E-state index in [0.29, 0.717) is 5.92 Å². The van der Waals surface area contributed by atoms with Gasteiger partial charge in [0.2, 0.25) is 0 Å². The van der Waals surface area contributed by atoms with Crippen molar-refractivity contribution >= 4 is 5.97 Å². The lowest BCUT2D eigenvalue weighted by atomic mass is 9.44. The van der Waals surface area contributed by atoms with Gasteiger partial charge >= 0.3 is 5.97 Å². The van der Waals surface area contributed by atoms with Gasteiger partial charge in [-0.15, -0.1) is 0 Å². The van der Waals surface area contributed by atoms with E-state index in [0.717, 1.165) is 24.2 Å². The highest BCUT2D eigenvalue weighted by atomic mass is 16.6. The van der Waals surface area contributed by atoms with Crippen LogP contribution >= 0.6 is 0 Å². The topological polar surface area (TPSA) is 26.3 Å². The van der Waals surface area contributed by atoms with Crippen molar-refractivity contribution in [3.05, 3.63) is 0 Å². The number of ether oxygens (including phenoxy) is 1. The summed E-state index contributed by atoms with van der Waals surface area (Å²) in [6.07, 6.45) is 9.06. The lowest BCUT2D eigenvalue weighted by Crippen LogP contribution is -2.61. The Morgan fingerprint density at radius 2 is 1.55 bits per heavy atom. The zero-order valence-electron chi connectivity index (χ0n) is 15.2. The van der Waals surface area contributed by atoms with E-state index < -0.39 is 0 Å². The molecular formula is C20H34O2. The molecule has 0 aliphatic heterocycles. The molecule has 0 spiro atoms. The molecule has 0 N–H and O–H groups in total. The van der Waals surface area contributed by atoms with E-state index in [1.54, 1.807) is 0 Å². The molecular weight excluding hydrogens is 272 g/mol. The SMILES string of the molecule is CCC(C)C(=O)OC(C)(C(C)C)C12CC3CC(CC(C3)C1)C2. The monoisotopic (exact) mass is 306 g/mol. The number of esters is 1. The van der Waals surface area contributed by atoms with Crippen molar-refractivity contribution in [3.8, 4) is 0 Å². The van der Waals surface area contributed by atoms with Crippen LogP contribution in [0.3, 0.4) is 0 Å². The van der Waals surface area contributed by atoms with Crippen molar-refractivity contribution in [3.63, 3.8) is 0 Å². The van der Waals surface area contributed by atoms with Crippen LogP contribution in [0.2, 0.25) is 0 Å². The molecule has 2 nitrogen and oxygen atoms in total. The molecule has 2 atom stereocenters. The molecule has 4 fully saturated rings. The standard InChI is InChI=1S/C20H34O2/c1-6-14(4)18(21)22-19(5,13(2)3)20-10-15-7-16(11-20)9-17(8-15)12-20/h13-17H,6-12H2,1-5H3. The van der Waals surface area contributed by atoms with E-state index in [1.807, 2.05) is 6.92 Å². The maximum atomic E-state index is 12.6. The first kappa shape index (κ1) is 16.3. The quantitative estimate of drug-likeness (QED) is 0.652. The van der Waals surface area contributed by atoms with E-state index in [1.165, 1.54) is 38.5 Å². The summed E-state index contributed by atoms with van der Waals surface area (Å²) in [5, 5.41) is 0. The minimum Gasteiger partial charge on any atom is -0.458 e. The molecule has 0 amide bonds. The van der Waals surface area contributed by atoms with Gasteiger partial charge in [-0.25, -0.2) is 0 Å². The molecule has 2 unspecified atom stereocenters. The highest BCUT2D eigenvalue weighted by Gasteiger charge is 2.61. The molecule has 4 aliphatic rings. The Labute approximate surface area is 136 Å². The second kappa shape index (κ2) is 5.53. The average Bonchev–Trinajstić information content (AvgIpc) is 2.44. The molecule has 4 rings (SSSR count). The third kappa shape index (κ3) is 2.41. The van der Waals surface area contributed by atoms with Gasteiger partial charge in [0.1, 0.15) is 5.60 Å². The summed E-state index contributed by atoms with van der Waals surface area (Å²) in [5.41, 5.74) is -0.0391. The number of carbonyl (C=O) groups is 1. The number of carbonyl (C=O) groups excluding carboxylic acids is 1. The fourth-order valence-electron chi connectivity index (χ4n) is 6.03. The molecule has 0 aromatic heterocycles. The van der Waals surface area contributed by atoms with Gasteiger partial charge in [0.15, 0.2) is 0 Å². The molecule has 0 radical (unpaired) electrons. The van der Waals surface area contributed by atoms with Crippen LogP contribution in [0.5, 0.6) is 0 Å². The van der Waals surface area contributed by atoms with E-state index in [2.05, 4.69) is 27.7 Å². The zero-order chi connectivity index (χ0) is 16.1. The third-order valence-electron chi connectivity index (χ3n) is 7.52. The van der Waals surface area contributed by atoms with E-state index in [4.69, 9.17) is 4.74 Å². The molecule has 0 saturated heterocycles. The number of hydrogen-bond acceptors (Lipinski definition) is 2. The molecule has 0 heterocycles. The second-order valence-electron chi connectivity index (χ2n) is 9.19. The van der Waals surface area contributed by atoms with E-state index >= 15 is 0 Å². The smallest absolute Gasteiger partial charge is 0.309 e. The van der Waals surface area contributed by atoms with Crippen LogP contribution in [0.15, 0.2) is 0 Å². The van der Waals surface area contributed by atoms with E-state index in [-0.39, 0.29) is 22.9 Å². The van der Waals surface area contributed by atoms with Gasteiger partial charge in [-0.05, 0) is 75.5 Å². The van der Waals surface area contributed by atoms with E-state index in [9.17, 15) is 4.79 Å². The van der Waals surface area contributed by atoms with Gasteiger partial charge < -0.3 is 4.74 Å². The van der Waals surface area contributed by atoms with Crippen LogP contribution in [0.25, 0.3) is 0 Å². The molecule has 2 heteroatoms. The molecule has 22 heavy (non-hydrogen) atoms. The predicted molar refractivity (Wildman–Crippen MR) is 89.4 cm³/mol. The molecule has 126 valence electrons. The van der Waals surface area contributed by atoms with Crippen molar-refractivity contribution in [2.24, 2.45) is 35.0 Å². The van der Waals surface area contributed by atoms with Crippen molar-refractivity contribution in [2.45, 2.75) is 85.2 Å². The molecule has 0 aromatic rings. The lowest BCUT2D eigenvalue weighted by molar-refractivity contribution is -0.220. The van der Waals surface area contributed by atoms with Gasteiger partial charge in [-0.2, -0.15) is 0 Å². The summed E-state index contributed by atoms with van der Waals surface area (Å²) in [7, 11) is 0. The Morgan fingerprint density at radius 3 is 1.91 bits per heavy atom. The Balaban J connectivity index is 1.88. The fraction of sp³-hybridized carbons (Fsp3) is 0.950. The van der Waals surface area contributed by atoms with Gasteiger partial charge in [0.25, 0.3) is 0 Å². The van der Waals surface area contributed by atoms with Gasteiger partial charge in [-0.1, -0.05) is 27.7 Å². The Hall–Kier alpha value is -0.530. The zero-order valence-corrected chi connectivity index (χ0v) is 15.2. The van der Waals surface area contributed by atoms with Crippen molar-refractivity contribution in [1.29, 1.82) is 0 Å². The maximum absolute atomic E-state index is 12.6. The Bertz CT molecular complexity index is 404. The summed E-state index contributed by atoms with van der Waals surface area (Å²) >= 11 is 0. The fourth-order valence-corrected chi connectivity index (χ4v) is 6.03. The van der Waals surface area contributed by atoms with Crippen LogP contribution in [0, 0.1) is 35.0 Å². The Morgan fingerprint density at radius 1 is 1.09 bits per heavy atom. The third-order valence-corrected chi connectivity index (χ3v) is 7.52. The van der Waals surface area contributed by atoms with Crippen molar-refractivity contribution < 1.29 is 9.53 Å². The van der Waals surface area contributed by atoms with Gasteiger partial charge in [0.05, 0.1) is 5.92 Å². The van der Waals surface area contributed by atoms with Crippen LogP contribution in [0.4, 0.5) is 0 Å². The largest absolute Gasteiger partial charge is 0.458 e. The van der Waals surface area contributed by atoms with Crippen LogP contribution in [-0.2, 0) is 9.53 Å². The van der Waals surface area contributed by atoms with Crippen LogP contribution < -0.4 is 0 Å². The van der Waals surface area contributed by atoms with Gasteiger partial charge in [0, 0.05) is 5.41 Å². The number of rotatable bonds is 5. The summed E-state index contributed by atoms with van der Waals surface area (Å²) in [4.78, 5) is 12.6. The highest BCUT2D eigenvalue weighted by Crippen LogP contribution is 2.65. The highest BCUT2D eigenvalue weighted by molar-refractivity contribution is 5.72. The van der Waals surface area contributed by atoms with Crippen molar-refractivity contribution in [1.82, 2.24) is 0 Å². The first-order valence-corrected chi connectivity index (χ1v) is 9.52. The molecule has 0 aromatic carbocycles. The second-order valence-corrected chi connectivity index (χ2v) is 9.19. The Kier molecular flexibility index (Phi) is 4.10. The summed E-state index contributed by atoms with van der Waals surface area (Å²) in [6.45, 7) is 10.8. The number of hydrogen-bond donors (Lipinski definition) is 0. The summed E-state index contributed by atoms with van der Waals surface area (Å²) in [5.74, 6) is 3.11. The van der Waals surface area contributed by atoms with Crippen molar-refractivity contribution in [2.75, 3.05) is 0 Å². The van der Waals surface area contributed by atoms with Crippen LogP contribution in [-0.4, -0.2) is 11.6 Å². The van der Waals surface area contributed by atoms with Crippen LogP contribution in [0.1, 0.15) is 79.6 Å². The minimum absolute atomic E-state index is 0.0204. The normalized spacial score (nSPS) is 40.5. The predicted octanol–water partition coefficient (Wildman–Crippen LogP) is 5.21. The maximum Gasteiger partial charge on any atom is 0.309 e. The minimum atomic E-state index is -0.288. The first-order chi connectivity index (χ1) is 10.3. The molecule has 4 saturated carbocycles. The summed E-state index contributed by atoms with van der Waals surface area (Å²) < 4.78 is 6.30. The lowest BCUT2D eigenvalue weighted by Gasteiger charge is -2.63. The molecule has 4 bridgehead atoms. The van der Waals surface area contributed by atoms with Gasteiger partial charge in [-0.3, -0.25) is 4.79 Å². The average molecular weight is 306 g/mol. The summed E-state index contributed by atoms with van der Waals surface area (Å²) in [6, 6.07) is 0. The molecule has 4 aliphatic carbocycles.